The normalized spacial score (nSPS) is 22.2. The number of hydrogen-bond acceptors (Lipinski definition) is 3. The Kier molecular flexibility index (Phi) is 4.62. The Morgan fingerprint density at radius 1 is 1.40 bits per heavy atom. The van der Waals surface area contributed by atoms with Gasteiger partial charge in [-0.1, -0.05) is 30.3 Å². The maximum Gasteiger partial charge on any atom is 0.212 e. The van der Waals surface area contributed by atoms with Crippen molar-refractivity contribution < 1.29 is 13.5 Å². The molecular weight excluding hydrogens is 274 g/mol. The summed E-state index contributed by atoms with van der Waals surface area (Å²) in [6, 6.07) is 7.69. The molecule has 0 amide bonds. The van der Waals surface area contributed by atoms with Crippen molar-refractivity contribution in [2.45, 2.75) is 31.3 Å². The molecule has 0 fully saturated rings. The van der Waals surface area contributed by atoms with E-state index in [9.17, 15) is 13.5 Å². The second kappa shape index (κ2) is 6.08. The third kappa shape index (κ3) is 3.48. The van der Waals surface area contributed by atoms with E-state index < -0.39 is 15.6 Å². The van der Waals surface area contributed by atoms with Crippen LogP contribution in [0.25, 0.3) is 0 Å². The molecule has 1 atom stereocenters. The van der Waals surface area contributed by atoms with Crippen LogP contribution in [0.15, 0.2) is 36.9 Å². The van der Waals surface area contributed by atoms with Gasteiger partial charge in [0.1, 0.15) is 5.60 Å². The Bertz CT molecular complexity index is 583. The molecule has 0 aliphatic heterocycles. The number of rotatable bonds is 6. The molecule has 2 N–H and O–H groups in total. The molecule has 0 saturated heterocycles. The molecule has 0 aromatic heterocycles. The minimum Gasteiger partial charge on any atom is -0.384 e. The summed E-state index contributed by atoms with van der Waals surface area (Å²) in [5, 5.41) is 10.8. The largest absolute Gasteiger partial charge is 0.384 e. The lowest BCUT2D eigenvalue weighted by Crippen LogP contribution is -2.43. The fourth-order valence-corrected chi connectivity index (χ4v) is 3.70. The predicted molar refractivity (Wildman–Crippen MR) is 79.9 cm³/mol. The topological polar surface area (TPSA) is 66.4 Å². The number of sulfonamides is 1. The van der Waals surface area contributed by atoms with Crippen LogP contribution < -0.4 is 4.72 Å². The van der Waals surface area contributed by atoms with Gasteiger partial charge in [0.2, 0.25) is 10.0 Å². The fraction of sp³-hybridized carbons (Fsp3) is 0.467. The quantitative estimate of drug-likeness (QED) is 0.785. The van der Waals surface area contributed by atoms with Crippen molar-refractivity contribution >= 4 is 10.0 Å². The molecular formula is C15H21NO3S. The molecule has 0 spiro atoms. The van der Waals surface area contributed by atoms with Gasteiger partial charge in [-0.25, -0.2) is 13.1 Å². The average molecular weight is 295 g/mol. The molecule has 1 unspecified atom stereocenters. The first-order chi connectivity index (χ1) is 9.47. The maximum atomic E-state index is 11.8. The zero-order valence-electron chi connectivity index (χ0n) is 11.5. The van der Waals surface area contributed by atoms with Gasteiger partial charge in [-0.15, -0.1) is 6.58 Å². The van der Waals surface area contributed by atoms with E-state index in [1.165, 1.54) is 0 Å². The lowest BCUT2D eigenvalue weighted by atomic mass is 9.79. The molecule has 4 nitrogen and oxygen atoms in total. The van der Waals surface area contributed by atoms with Gasteiger partial charge in [0.25, 0.3) is 0 Å². The van der Waals surface area contributed by atoms with E-state index in [0.29, 0.717) is 12.8 Å². The number of hydrogen-bond donors (Lipinski definition) is 2. The average Bonchev–Trinajstić information content (AvgIpc) is 2.44. The van der Waals surface area contributed by atoms with Crippen LogP contribution in [0.2, 0.25) is 0 Å². The first-order valence-electron chi connectivity index (χ1n) is 6.86. The summed E-state index contributed by atoms with van der Waals surface area (Å²) in [6.07, 6.45) is 4.35. The summed E-state index contributed by atoms with van der Waals surface area (Å²) in [4.78, 5) is 0. The molecule has 1 aromatic rings. The van der Waals surface area contributed by atoms with Crippen LogP contribution in [-0.2, 0) is 22.0 Å². The molecule has 2 rings (SSSR count). The van der Waals surface area contributed by atoms with Gasteiger partial charge < -0.3 is 5.11 Å². The highest BCUT2D eigenvalue weighted by atomic mass is 32.2. The Hall–Kier alpha value is -1.17. The highest BCUT2D eigenvalue weighted by molar-refractivity contribution is 7.89. The number of benzene rings is 1. The molecule has 0 heterocycles. The van der Waals surface area contributed by atoms with Gasteiger partial charge in [-0.05, 0) is 36.8 Å². The Balaban J connectivity index is 2.11. The number of aryl methyl sites for hydroxylation is 1. The molecule has 1 aliphatic carbocycles. The van der Waals surface area contributed by atoms with E-state index >= 15 is 0 Å². The van der Waals surface area contributed by atoms with Crippen LogP contribution >= 0.6 is 0 Å². The van der Waals surface area contributed by atoms with Crippen LogP contribution in [0.1, 0.15) is 30.4 Å². The molecule has 110 valence electrons. The first kappa shape index (κ1) is 15.2. The van der Waals surface area contributed by atoms with Crippen molar-refractivity contribution in [1.29, 1.82) is 0 Å². The van der Waals surface area contributed by atoms with Gasteiger partial charge in [-0.3, -0.25) is 0 Å². The van der Waals surface area contributed by atoms with Crippen LogP contribution in [0.4, 0.5) is 0 Å². The molecule has 0 bridgehead atoms. The van der Waals surface area contributed by atoms with E-state index in [1.807, 2.05) is 24.3 Å². The predicted octanol–water partition coefficient (Wildman–Crippen LogP) is 1.71. The first-order valence-corrected chi connectivity index (χ1v) is 8.51. The van der Waals surface area contributed by atoms with Gasteiger partial charge in [0.05, 0.1) is 5.75 Å². The second-order valence-corrected chi connectivity index (χ2v) is 7.19. The number of nitrogens with one attached hydrogen (secondary N) is 1. The minimum atomic E-state index is -3.37. The highest BCUT2D eigenvalue weighted by Crippen LogP contribution is 2.34. The summed E-state index contributed by atoms with van der Waals surface area (Å²) in [5.41, 5.74) is 0.847. The van der Waals surface area contributed by atoms with Crippen molar-refractivity contribution in [3.63, 3.8) is 0 Å². The van der Waals surface area contributed by atoms with Crippen molar-refractivity contribution in [1.82, 2.24) is 4.72 Å². The van der Waals surface area contributed by atoms with Crippen molar-refractivity contribution in [2.24, 2.45) is 0 Å². The molecule has 20 heavy (non-hydrogen) atoms. The highest BCUT2D eigenvalue weighted by Gasteiger charge is 2.34. The molecule has 0 radical (unpaired) electrons. The summed E-state index contributed by atoms with van der Waals surface area (Å²) in [6.45, 7) is 3.55. The van der Waals surface area contributed by atoms with Crippen LogP contribution in [0, 0.1) is 0 Å². The zero-order valence-corrected chi connectivity index (χ0v) is 12.3. The van der Waals surface area contributed by atoms with Gasteiger partial charge in [0, 0.05) is 6.54 Å². The van der Waals surface area contributed by atoms with E-state index in [4.69, 9.17) is 0 Å². The fourth-order valence-electron chi connectivity index (χ4n) is 2.62. The van der Waals surface area contributed by atoms with E-state index in [2.05, 4.69) is 11.3 Å². The van der Waals surface area contributed by atoms with E-state index in [1.54, 1.807) is 6.08 Å². The van der Waals surface area contributed by atoms with Crippen LogP contribution in [0.3, 0.4) is 0 Å². The Morgan fingerprint density at radius 3 is 2.90 bits per heavy atom. The third-order valence-electron chi connectivity index (χ3n) is 3.73. The van der Waals surface area contributed by atoms with E-state index in [-0.39, 0.29) is 12.3 Å². The summed E-state index contributed by atoms with van der Waals surface area (Å²) in [7, 11) is -3.37. The smallest absolute Gasteiger partial charge is 0.212 e. The van der Waals surface area contributed by atoms with Crippen molar-refractivity contribution in [3.8, 4) is 0 Å². The minimum absolute atomic E-state index is 0.00816. The molecule has 0 saturated carbocycles. The monoisotopic (exact) mass is 295 g/mol. The summed E-state index contributed by atoms with van der Waals surface area (Å²) >= 11 is 0. The number of fused-ring (bicyclic) bond motifs is 1. The van der Waals surface area contributed by atoms with Gasteiger partial charge in [0.15, 0.2) is 0 Å². The molecule has 1 aromatic carbocycles. The Morgan fingerprint density at radius 2 is 2.15 bits per heavy atom. The standard InChI is InChI=1S/C15H21NO3S/c1-2-3-11-20(18,19)16-12-15(17)10-6-8-13-7-4-5-9-14(13)15/h2,4-5,7,9,16-17H,1,3,6,8,10-12H2. The number of allylic oxidation sites excluding steroid dienone is 1. The lowest BCUT2D eigenvalue weighted by molar-refractivity contribution is 0.0243. The van der Waals surface area contributed by atoms with E-state index in [0.717, 1.165) is 24.0 Å². The Labute approximate surface area is 120 Å². The zero-order chi connectivity index (χ0) is 14.6. The second-order valence-electron chi connectivity index (χ2n) is 5.26. The van der Waals surface area contributed by atoms with Crippen molar-refractivity contribution in [3.05, 3.63) is 48.0 Å². The SMILES string of the molecule is C=CCCS(=O)(=O)NCC1(O)CCCc2ccccc21. The lowest BCUT2D eigenvalue weighted by Gasteiger charge is -2.34. The third-order valence-corrected chi connectivity index (χ3v) is 5.09. The van der Waals surface area contributed by atoms with Gasteiger partial charge >= 0.3 is 0 Å². The molecule has 5 heteroatoms. The number of aliphatic hydroxyl groups is 1. The summed E-state index contributed by atoms with van der Waals surface area (Å²) < 4.78 is 26.2. The van der Waals surface area contributed by atoms with Gasteiger partial charge in [-0.2, -0.15) is 0 Å². The maximum absolute atomic E-state index is 11.8. The van der Waals surface area contributed by atoms with Crippen LogP contribution in [-0.4, -0.2) is 25.8 Å². The van der Waals surface area contributed by atoms with Crippen LogP contribution in [0.5, 0.6) is 0 Å². The summed E-state index contributed by atoms with van der Waals surface area (Å²) in [5.74, 6) is 0.00816. The molecule has 1 aliphatic rings. The van der Waals surface area contributed by atoms with Crippen molar-refractivity contribution in [2.75, 3.05) is 12.3 Å².